The van der Waals surface area contributed by atoms with Gasteiger partial charge in [-0.25, -0.2) is 9.59 Å². The molecule has 1 N–H and O–H groups in total. The molecule has 0 aliphatic carbocycles. The molecule has 6 aromatic carbocycles. The van der Waals surface area contributed by atoms with Gasteiger partial charge in [-0.1, -0.05) is 121 Å². The molecule has 0 aromatic heterocycles. The average molecular weight is 1090 g/mol. The molecule has 0 bridgehead atoms. The van der Waals surface area contributed by atoms with Gasteiger partial charge in [0, 0.05) is 39.8 Å². The summed E-state index contributed by atoms with van der Waals surface area (Å²) in [6.07, 6.45) is 0.281. The van der Waals surface area contributed by atoms with Crippen molar-refractivity contribution in [1.82, 2.24) is 9.80 Å². The Morgan fingerprint density at radius 3 is 1.29 bits per heavy atom. The molecule has 422 valence electrons. The largest absolute Gasteiger partial charge is 0.488 e. The number of aliphatic hydroxyl groups is 1. The minimum Gasteiger partial charge on any atom is -0.488 e. The SMILES string of the molecule is Cc1c(OCc2ccccc2)c2c(c3c1OCO3)[C@H](COCc1ccccc1)N(C(=O)OC(C)(C)C)[C@H](C=O)C2.Cc1c(OCc2ccccc2)c2c(c3c1OCO3)[C@H](COCc1ccccc1)N(C(=O)OC(C)(C)C)[C@H](CO)C2. The van der Waals surface area contributed by atoms with Crippen LogP contribution in [0.2, 0.25) is 0 Å². The maximum Gasteiger partial charge on any atom is 0.411 e. The highest BCUT2D eigenvalue weighted by Gasteiger charge is 2.47. The third kappa shape index (κ3) is 13.1. The Hall–Kier alpha value is -7.79. The second-order valence-corrected chi connectivity index (χ2v) is 22.1. The van der Waals surface area contributed by atoms with Crippen molar-refractivity contribution in [2.75, 3.05) is 33.4 Å². The van der Waals surface area contributed by atoms with Gasteiger partial charge in [0.05, 0.1) is 57.2 Å². The van der Waals surface area contributed by atoms with Gasteiger partial charge in [-0.05, 0) is 84.1 Å². The topological polar surface area (TPSA) is 170 Å². The summed E-state index contributed by atoms with van der Waals surface area (Å²) >= 11 is 0. The van der Waals surface area contributed by atoms with Crippen LogP contribution in [-0.2, 0) is 63.0 Å². The molecule has 16 heteroatoms. The summed E-state index contributed by atoms with van der Waals surface area (Å²) in [6.45, 7) is 16.3. The van der Waals surface area contributed by atoms with Gasteiger partial charge in [0.25, 0.3) is 0 Å². The fourth-order valence-corrected chi connectivity index (χ4v) is 10.5. The molecule has 0 radical (unpaired) electrons. The number of benzene rings is 6. The van der Waals surface area contributed by atoms with Gasteiger partial charge < -0.3 is 57.3 Å². The first-order valence-corrected chi connectivity index (χ1v) is 27.1. The third-order valence-corrected chi connectivity index (χ3v) is 14.0. The summed E-state index contributed by atoms with van der Waals surface area (Å²) in [7, 11) is 0. The number of nitrogens with zero attached hydrogens (tertiary/aromatic N) is 2. The van der Waals surface area contributed by atoms with Crippen molar-refractivity contribution in [1.29, 1.82) is 0 Å². The monoisotopic (exact) mass is 1090 g/mol. The zero-order valence-electron chi connectivity index (χ0n) is 46.9. The van der Waals surface area contributed by atoms with Crippen molar-refractivity contribution in [3.05, 3.63) is 177 Å². The quantitative estimate of drug-likeness (QED) is 0.0908. The number of carbonyl (C=O) groups is 3. The van der Waals surface area contributed by atoms with E-state index in [1.54, 1.807) is 25.7 Å². The van der Waals surface area contributed by atoms with Crippen molar-refractivity contribution in [3.8, 4) is 34.5 Å². The number of hydrogen-bond acceptors (Lipinski definition) is 14. The fraction of sp³-hybridized carbons (Fsp3) is 0.391. The van der Waals surface area contributed by atoms with Crippen LogP contribution < -0.4 is 28.4 Å². The van der Waals surface area contributed by atoms with Crippen LogP contribution in [0.25, 0.3) is 0 Å². The molecule has 0 saturated carbocycles. The van der Waals surface area contributed by atoms with E-state index in [4.69, 9.17) is 47.4 Å². The number of rotatable bonds is 16. The van der Waals surface area contributed by atoms with E-state index in [1.807, 2.05) is 156 Å². The maximum absolute atomic E-state index is 13.6. The predicted molar refractivity (Wildman–Crippen MR) is 298 cm³/mol. The second-order valence-electron chi connectivity index (χ2n) is 22.1. The van der Waals surface area contributed by atoms with Crippen molar-refractivity contribution in [3.63, 3.8) is 0 Å². The van der Waals surface area contributed by atoms with Crippen LogP contribution in [0.1, 0.15) is 109 Å². The molecular formula is C64H72N2O14. The van der Waals surface area contributed by atoms with E-state index < -0.39 is 47.6 Å². The van der Waals surface area contributed by atoms with E-state index >= 15 is 0 Å². The highest BCUT2D eigenvalue weighted by molar-refractivity contribution is 5.78. The number of aliphatic hydroxyl groups excluding tert-OH is 1. The Morgan fingerprint density at radius 1 is 0.537 bits per heavy atom. The summed E-state index contributed by atoms with van der Waals surface area (Å²) in [4.78, 5) is 42.8. The van der Waals surface area contributed by atoms with Crippen molar-refractivity contribution in [2.45, 2.75) is 130 Å². The van der Waals surface area contributed by atoms with Crippen molar-refractivity contribution in [2.24, 2.45) is 0 Å². The van der Waals surface area contributed by atoms with Crippen molar-refractivity contribution >= 4 is 18.5 Å². The molecule has 4 aliphatic heterocycles. The van der Waals surface area contributed by atoms with Gasteiger partial charge in [-0.15, -0.1) is 0 Å². The highest BCUT2D eigenvalue weighted by Crippen LogP contribution is 2.54. The molecule has 2 amide bonds. The van der Waals surface area contributed by atoms with Gasteiger partial charge in [-0.3, -0.25) is 9.80 Å². The molecule has 6 aromatic rings. The molecule has 4 heterocycles. The van der Waals surface area contributed by atoms with Crippen molar-refractivity contribution < 1.29 is 66.9 Å². The number of ether oxygens (including phenoxy) is 10. The Balaban J connectivity index is 0.000000194. The van der Waals surface area contributed by atoms with Crippen LogP contribution in [0.3, 0.4) is 0 Å². The van der Waals surface area contributed by atoms with Gasteiger partial charge in [0.1, 0.15) is 42.2 Å². The lowest BCUT2D eigenvalue weighted by molar-refractivity contribution is -0.114. The number of amides is 2. The first-order chi connectivity index (χ1) is 38.5. The number of fused-ring (bicyclic) bond motifs is 6. The van der Waals surface area contributed by atoms with Crippen LogP contribution in [-0.4, -0.2) is 90.1 Å². The Bertz CT molecular complexity index is 3090. The minimum atomic E-state index is -0.786. The van der Waals surface area contributed by atoms with E-state index in [1.165, 1.54) is 4.90 Å². The molecule has 0 saturated heterocycles. The molecule has 0 spiro atoms. The Kier molecular flexibility index (Phi) is 17.9. The Labute approximate surface area is 468 Å². The van der Waals surface area contributed by atoms with E-state index in [2.05, 4.69) is 0 Å². The van der Waals surface area contributed by atoms with Gasteiger partial charge in [0.15, 0.2) is 23.0 Å². The first-order valence-electron chi connectivity index (χ1n) is 27.1. The zero-order chi connectivity index (χ0) is 56.6. The lowest BCUT2D eigenvalue weighted by Gasteiger charge is -2.43. The van der Waals surface area contributed by atoms with E-state index in [9.17, 15) is 19.5 Å². The van der Waals surface area contributed by atoms with Crippen LogP contribution in [0.5, 0.6) is 34.5 Å². The fourth-order valence-electron chi connectivity index (χ4n) is 10.5. The smallest absolute Gasteiger partial charge is 0.411 e. The molecule has 80 heavy (non-hydrogen) atoms. The summed E-state index contributed by atoms with van der Waals surface area (Å²) < 4.78 is 60.6. The summed E-state index contributed by atoms with van der Waals surface area (Å²) in [5.74, 6) is 3.61. The number of hydrogen-bond donors (Lipinski definition) is 1. The van der Waals surface area contributed by atoms with Gasteiger partial charge >= 0.3 is 12.2 Å². The van der Waals surface area contributed by atoms with Crippen LogP contribution in [0.4, 0.5) is 9.59 Å². The maximum atomic E-state index is 13.6. The summed E-state index contributed by atoms with van der Waals surface area (Å²) in [6, 6.07) is 36.8. The minimum absolute atomic E-state index is 0.0475. The molecule has 0 unspecified atom stereocenters. The average Bonchev–Trinajstić information content (AvgIpc) is 4.20. The lowest BCUT2D eigenvalue weighted by Crippen LogP contribution is -2.52. The predicted octanol–water partition coefficient (Wildman–Crippen LogP) is 11.6. The molecular weight excluding hydrogens is 1020 g/mol. The zero-order valence-corrected chi connectivity index (χ0v) is 46.9. The molecule has 4 atom stereocenters. The van der Waals surface area contributed by atoms with Gasteiger partial charge in [-0.2, -0.15) is 0 Å². The Morgan fingerprint density at radius 2 is 0.900 bits per heavy atom. The number of aldehydes is 1. The molecule has 10 rings (SSSR count). The molecule has 16 nitrogen and oxygen atoms in total. The number of carbonyl (C=O) groups excluding carboxylic acids is 3. The first kappa shape index (κ1) is 56.9. The lowest BCUT2D eigenvalue weighted by atomic mass is 9.85. The summed E-state index contributed by atoms with van der Waals surface area (Å²) in [5, 5.41) is 10.5. The molecule has 0 fully saturated rings. The summed E-state index contributed by atoms with van der Waals surface area (Å²) in [5.41, 5.74) is 7.38. The van der Waals surface area contributed by atoms with Crippen LogP contribution >= 0.6 is 0 Å². The second kappa shape index (κ2) is 25.1. The highest BCUT2D eigenvalue weighted by atomic mass is 16.7. The van der Waals surface area contributed by atoms with Gasteiger partial charge in [0.2, 0.25) is 13.6 Å². The van der Waals surface area contributed by atoms with Crippen LogP contribution in [0, 0.1) is 13.8 Å². The van der Waals surface area contributed by atoms with E-state index in [0.717, 1.165) is 61.9 Å². The van der Waals surface area contributed by atoms with E-state index in [0.29, 0.717) is 67.3 Å². The third-order valence-electron chi connectivity index (χ3n) is 14.0. The normalized spacial score (nSPS) is 17.8. The molecule has 4 aliphatic rings. The van der Waals surface area contributed by atoms with E-state index in [-0.39, 0.29) is 39.8 Å². The standard InChI is InChI=1S/C32H37NO7.C32H35NO7/c2*1-21-28(37-18-23-13-9-6-10-14-23)25-15-24(16-34)33(31(35)40-32(2,3)4)26(27(25)30-29(21)38-20-39-30)19-36-17-22-11-7-5-8-12-22/h5-14,24,26,34H,15-20H2,1-4H3;5-14,16,24,26H,15,17-20H2,1-4H3/t2*24-,26-/m00/s1. The van der Waals surface area contributed by atoms with Crippen LogP contribution in [0.15, 0.2) is 121 Å².